The highest BCUT2D eigenvalue weighted by Crippen LogP contribution is 2.37. The number of amides is 1. The predicted octanol–water partition coefficient (Wildman–Crippen LogP) is 8.23. The van der Waals surface area contributed by atoms with E-state index in [4.69, 9.17) is 9.72 Å². The van der Waals surface area contributed by atoms with Gasteiger partial charge in [-0.2, -0.15) is 26.3 Å². The van der Waals surface area contributed by atoms with Crippen LogP contribution in [0.4, 0.5) is 26.3 Å². The Balaban J connectivity index is 1.75. The Hall–Kier alpha value is -5.13. The van der Waals surface area contributed by atoms with Crippen molar-refractivity contribution in [2.45, 2.75) is 38.8 Å². The number of aromatic nitrogens is 2. The second-order valence-electron chi connectivity index (χ2n) is 10.4. The number of fused-ring (bicyclic) bond motifs is 1. The van der Waals surface area contributed by atoms with Crippen LogP contribution in [-0.4, -0.2) is 27.0 Å². The molecule has 0 saturated heterocycles. The summed E-state index contributed by atoms with van der Waals surface area (Å²) in [6.07, 6.45) is -10.3. The van der Waals surface area contributed by atoms with Crippen molar-refractivity contribution in [2.75, 3.05) is 6.61 Å². The summed E-state index contributed by atoms with van der Waals surface area (Å²) in [4.78, 5) is 34.0. The second-order valence-corrected chi connectivity index (χ2v) is 10.4. The summed E-state index contributed by atoms with van der Waals surface area (Å²) in [7, 11) is 0. The fraction of sp³-hybridized carbons (Fsp3) is 0.206. The van der Waals surface area contributed by atoms with Gasteiger partial charge in [-0.05, 0) is 61.9 Å². The molecular weight excluding hydrogens is 612 g/mol. The molecule has 0 aliphatic heterocycles. The average molecular weight is 640 g/mol. The van der Waals surface area contributed by atoms with E-state index in [-0.39, 0.29) is 35.9 Å². The highest BCUT2D eigenvalue weighted by Gasteiger charge is 2.38. The lowest BCUT2D eigenvalue weighted by Gasteiger charge is -2.31. The van der Waals surface area contributed by atoms with Gasteiger partial charge in [0.1, 0.15) is 11.6 Å². The van der Waals surface area contributed by atoms with Gasteiger partial charge in [0.2, 0.25) is 0 Å². The molecule has 1 unspecified atom stereocenters. The van der Waals surface area contributed by atoms with Gasteiger partial charge in [-0.3, -0.25) is 14.2 Å². The molecule has 5 rings (SSSR count). The van der Waals surface area contributed by atoms with Gasteiger partial charge in [0.25, 0.3) is 11.5 Å². The van der Waals surface area contributed by atoms with Gasteiger partial charge < -0.3 is 9.64 Å². The van der Waals surface area contributed by atoms with Gasteiger partial charge in [0.15, 0.2) is 0 Å². The third-order valence-corrected chi connectivity index (χ3v) is 7.34. The van der Waals surface area contributed by atoms with E-state index in [0.717, 1.165) is 4.90 Å². The van der Waals surface area contributed by atoms with Crippen LogP contribution in [0.5, 0.6) is 5.75 Å². The molecule has 12 heteroatoms. The molecule has 0 aliphatic carbocycles. The maximum absolute atomic E-state index is 14.1. The van der Waals surface area contributed by atoms with Gasteiger partial charge in [0.05, 0.1) is 40.4 Å². The van der Waals surface area contributed by atoms with E-state index in [0.29, 0.717) is 29.1 Å². The minimum Gasteiger partial charge on any atom is -0.492 e. The number of hydrogen-bond donors (Lipinski definition) is 0. The first-order valence-electron chi connectivity index (χ1n) is 14.2. The molecule has 1 aromatic heterocycles. The maximum Gasteiger partial charge on any atom is 0.416 e. The number of halogens is 6. The Morgan fingerprint density at radius 1 is 0.848 bits per heavy atom. The molecule has 46 heavy (non-hydrogen) atoms. The minimum absolute atomic E-state index is 0.0168. The molecule has 1 heterocycles. The second kappa shape index (κ2) is 12.7. The highest BCUT2D eigenvalue weighted by atomic mass is 19.4. The third kappa shape index (κ3) is 6.60. The van der Waals surface area contributed by atoms with E-state index < -0.39 is 46.6 Å². The number of carbonyl (C=O) groups excluding carboxylic acids is 1. The van der Waals surface area contributed by atoms with Crippen molar-refractivity contribution in [3.8, 4) is 11.4 Å². The van der Waals surface area contributed by atoms with E-state index in [1.807, 2.05) is 0 Å². The molecule has 0 bridgehead atoms. The molecule has 1 amide bonds. The number of rotatable bonds is 8. The fourth-order valence-corrected chi connectivity index (χ4v) is 5.13. The lowest BCUT2D eigenvalue weighted by Crippen LogP contribution is -2.37. The molecule has 5 aromatic rings. The first kappa shape index (κ1) is 32.3. The summed E-state index contributed by atoms with van der Waals surface area (Å²) in [5.74, 6) is -0.783. The molecule has 238 valence electrons. The molecule has 6 nitrogen and oxygen atoms in total. The average Bonchev–Trinajstić information content (AvgIpc) is 3.03. The van der Waals surface area contributed by atoms with Gasteiger partial charge in [-0.1, -0.05) is 54.6 Å². The zero-order valence-electron chi connectivity index (χ0n) is 24.6. The van der Waals surface area contributed by atoms with Crippen molar-refractivity contribution in [1.82, 2.24) is 14.5 Å². The van der Waals surface area contributed by atoms with Gasteiger partial charge >= 0.3 is 12.4 Å². The molecule has 0 N–H and O–H groups in total. The van der Waals surface area contributed by atoms with E-state index in [1.165, 1.54) is 11.5 Å². The number of ether oxygens (including phenoxy) is 1. The van der Waals surface area contributed by atoms with Crippen molar-refractivity contribution >= 4 is 16.8 Å². The van der Waals surface area contributed by atoms with E-state index in [1.54, 1.807) is 85.8 Å². The van der Waals surface area contributed by atoms with E-state index >= 15 is 0 Å². The summed E-state index contributed by atoms with van der Waals surface area (Å²) in [5.41, 5.74) is -3.46. The Morgan fingerprint density at radius 2 is 1.43 bits per heavy atom. The fourth-order valence-electron chi connectivity index (χ4n) is 5.13. The summed E-state index contributed by atoms with van der Waals surface area (Å²) in [6.45, 7) is 3.29. The smallest absolute Gasteiger partial charge is 0.416 e. The Morgan fingerprint density at radius 3 is 2.07 bits per heavy atom. The molecule has 0 saturated carbocycles. The van der Waals surface area contributed by atoms with Crippen molar-refractivity contribution in [2.24, 2.45) is 0 Å². The number of benzene rings is 4. The summed E-state index contributed by atoms with van der Waals surface area (Å²) in [6, 6.07) is 21.1. The molecular formula is C34H27F6N3O3. The summed E-state index contributed by atoms with van der Waals surface area (Å²) >= 11 is 0. The topological polar surface area (TPSA) is 64.4 Å². The normalized spacial score (nSPS) is 12.6. The van der Waals surface area contributed by atoms with Crippen LogP contribution < -0.4 is 10.3 Å². The van der Waals surface area contributed by atoms with Crippen LogP contribution in [0.2, 0.25) is 0 Å². The summed E-state index contributed by atoms with van der Waals surface area (Å²) in [5, 5.41) is 0.249. The third-order valence-electron chi connectivity index (χ3n) is 7.34. The standard InChI is InChI=1S/C34H27F6N3O3/c1-3-46-29-16-10-9-15-28(29)43-30(41-27-14-8-7-13-26(27)32(43)45)21(2)42(20-22-11-5-4-6-12-22)31(44)23-17-24(33(35,36)37)19-25(18-23)34(38,39)40/h4-19,21H,3,20H2,1-2H3. The van der Waals surface area contributed by atoms with E-state index in [9.17, 15) is 35.9 Å². The molecule has 0 aliphatic rings. The highest BCUT2D eigenvalue weighted by molar-refractivity contribution is 5.95. The molecule has 0 spiro atoms. The number of hydrogen-bond acceptors (Lipinski definition) is 4. The van der Waals surface area contributed by atoms with Gasteiger partial charge in [0, 0.05) is 12.1 Å². The van der Waals surface area contributed by atoms with Crippen molar-refractivity contribution in [3.63, 3.8) is 0 Å². The molecule has 0 radical (unpaired) electrons. The molecule has 0 fully saturated rings. The maximum atomic E-state index is 14.1. The Bertz CT molecular complexity index is 1910. The molecule has 1 atom stereocenters. The molecule has 4 aromatic carbocycles. The van der Waals surface area contributed by atoms with Crippen LogP contribution in [0.15, 0.2) is 102 Å². The van der Waals surface area contributed by atoms with Crippen LogP contribution in [-0.2, 0) is 18.9 Å². The summed E-state index contributed by atoms with van der Waals surface area (Å²) < 4.78 is 89.6. The number of carbonyl (C=O) groups is 1. The SMILES string of the molecule is CCOc1ccccc1-n1c(C(C)N(Cc2ccccc2)C(=O)c2cc(C(F)(F)F)cc(C(F)(F)F)c2)nc2ccccc2c1=O. The Kier molecular flexibility index (Phi) is 8.91. The van der Waals surface area contributed by atoms with Gasteiger partial charge in [-0.25, -0.2) is 4.98 Å². The lowest BCUT2D eigenvalue weighted by atomic mass is 10.0. The minimum atomic E-state index is -5.16. The zero-order valence-corrected chi connectivity index (χ0v) is 24.6. The number of para-hydroxylation sites is 3. The van der Waals surface area contributed by atoms with Crippen LogP contribution in [0.3, 0.4) is 0 Å². The number of alkyl halides is 6. The van der Waals surface area contributed by atoms with Crippen molar-refractivity contribution in [3.05, 3.63) is 135 Å². The first-order valence-corrected chi connectivity index (χ1v) is 14.2. The zero-order chi connectivity index (χ0) is 33.2. The van der Waals surface area contributed by atoms with Crippen LogP contribution in [0.25, 0.3) is 16.6 Å². The van der Waals surface area contributed by atoms with Crippen molar-refractivity contribution in [1.29, 1.82) is 0 Å². The number of nitrogens with zero attached hydrogens (tertiary/aromatic N) is 3. The van der Waals surface area contributed by atoms with Crippen LogP contribution in [0, 0.1) is 0 Å². The predicted molar refractivity (Wildman–Crippen MR) is 160 cm³/mol. The van der Waals surface area contributed by atoms with Gasteiger partial charge in [-0.15, -0.1) is 0 Å². The largest absolute Gasteiger partial charge is 0.492 e. The van der Waals surface area contributed by atoms with Crippen LogP contribution >= 0.6 is 0 Å². The monoisotopic (exact) mass is 639 g/mol. The first-order chi connectivity index (χ1) is 21.8. The lowest BCUT2D eigenvalue weighted by molar-refractivity contribution is -0.143. The van der Waals surface area contributed by atoms with E-state index in [2.05, 4.69) is 0 Å². The van der Waals surface area contributed by atoms with Crippen molar-refractivity contribution < 1.29 is 35.9 Å². The Labute approximate surface area is 259 Å². The van der Waals surface area contributed by atoms with Crippen LogP contribution in [0.1, 0.15) is 52.8 Å². The quantitative estimate of drug-likeness (QED) is 0.161.